The molecule has 5 heteroatoms. The zero-order chi connectivity index (χ0) is 13.3. The third kappa shape index (κ3) is 2.85. The van der Waals surface area contributed by atoms with Gasteiger partial charge in [-0.1, -0.05) is 12.1 Å². The summed E-state index contributed by atoms with van der Waals surface area (Å²) < 4.78 is 10.3. The molecule has 1 aromatic carbocycles. The van der Waals surface area contributed by atoms with Gasteiger partial charge in [-0.25, -0.2) is 0 Å². The molecule has 1 atom stereocenters. The van der Waals surface area contributed by atoms with Crippen LogP contribution in [0.25, 0.3) is 0 Å². The van der Waals surface area contributed by atoms with Crippen LogP contribution in [0.2, 0.25) is 0 Å². The molecule has 1 aliphatic heterocycles. The van der Waals surface area contributed by atoms with Gasteiger partial charge in [-0.15, -0.1) is 12.4 Å². The second-order valence-electron chi connectivity index (χ2n) is 5.16. The topological polar surface area (TPSA) is 61.5 Å². The zero-order valence-electron chi connectivity index (χ0n) is 11.4. The number of benzene rings is 1. The van der Waals surface area contributed by atoms with Crippen molar-refractivity contribution >= 4 is 18.4 Å². The van der Waals surface area contributed by atoms with Crippen molar-refractivity contribution in [3.05, 3.63) is 29.3 Å². The number of hydrogen-bond acceptors (Lipinski definition) is 4. The molecule has 0 saturated heterocycles. The fourth-order valence-electron chi connectivity index (χ4n) is 2.21. The van der Waals surface area contributed by atoms with Crippen LogP contribution in [0.3, 0.4) is 0 Å². The highest BCUT2D eigenvalue weighted by Gasteiger charge is 2.36. The number of nitrogens with two attached hydrogens (primary N) is 1. The highest BCUT2D eigenvalue weighted by Crippen LogP contribution is 2.35. The minimum Gasteiger partial charge on any atom is -0.493 e. The van der Waals surface area contributed by atoms with E-state index in [9.17, 15) is 4.79 Å². The molecule has 0 aliphatic carbocycles. The highest BCUT2D eigenvalue weighted by molar-refractivity contribution is 5.85. The van der Waals surface area contributed by atoms with E-state index in [2.05, 4.69) is 0 Å². The van der Waals surface area contributed by atoms with E-state index in [1.807, 2.05) is 18.2 Å². The number of esters is 1. The summed E-state index contributed by atoms with van der Waals surface area (Å²) in [7, 11) is 1.38. The lowest BCUT2D eigenvalue weighted by Gasteiger charge is -2.29. The molecule has 0 radical (unpaired) electrons. The molecule has 19 heavy (non-hydrogen) atoms. The summed E-state index contributed by atoms with van der Waals surface area (Å²) in [5, 5.41) is 0. The molecule has 0 amide bonds. The van der Waals surface area contributed by atoms with Gasteiger partial charge >= 0.3 is 5.97 Å². The fourth-order valence-corrected chi connectivity index (χ4v) is 2.21. The van der Waals surface area contributed by atoms with Crippen LogP contribution in [0.5, 0.6) is 5.75 Å². The molecule has 0 bridgehead atoms. The van der Waals surface area contributed by atoms with Gasteiger partial charge in [-0.2, -0.15) is 0 Å². The van der Waals surface area contributed by atoms with Gasteiger partial charge in [0.15, 0.2) is 0 Å². The second-order valence-corrected chi connectivity index (χ2v) is 5.16. The van der Waals surface area contributed by atoms with Crippen LogP contribution in [0.4, 0.5) is 0 Å². The van der Waals surface area contributed by atoms with Crippen LogP contribution in [-0.2, 0) is 16.0 Å². The van der Waals surface area contributed by atoms with Gasteiger partial charge in [-0.3, -0.25) is 4.79 Å². The van der Waals surface area contributed by atoms with Crippen LogP contribution in [-0.4, -0.2) is 19.7 Å². The van der Waals surface area contributed by atoms with Gasteiger partial charge in [0.2, 0.25) is 0 Å². The summed E-state index contributed by atoms with van der Waals surface area (Å²) in [5.74, 6) is 0.619. The Morgan fingerprint density at radius 2 is 2.16 bits per heavy atom. The monoisotopic (exact) mass is 285 g/mol. The molecule has 106 valence electrons. The Hall–Kier alpha value is -1.26. The van der Waals surface area contributed by atoms with Crippen molar-refractivity contribution in [2.24, 2.45) is 11.1 Å². The van der Waals surface area contributed by atoms with Crippen LogP contribution >= 0.6 is 12.4 Å². The average molecular weight is 286 g/mol. The molecule has 4 nitrogen and oxygen atoms in total. The van der Waals surface area contributed by atoms with Crippen LogP contribution in [0.15, 0.2) is 18.2 Å². The minimum absolute atomic E-state index is 0. The van der Waals surface area contributed by atoms with E-state index in [1.165, 1.54) is 7.11 Å². The summed E-state index contributed by atoms with van der Waals surface area (Å²) in [6, 6.07) is 5.47. The molecule has 0 unspecified atom stereocenters. The van der Waals surface area contributed by atoms with E-state index in [0.29, 0.717) is 6.61 Å². The van der Waals surface area contributed by atoms with E-state index in [0.717, 1.165) is 23.3 Å². The van der Waals surface area contributed by atoms with Gasteiger partial charge in [0, 0.05) is 12.5 Å². The summed E-state index contributed by atoms with van der Waals surface area (Å²) in [6.45, 7) is 4.31. The standard InChI is InChI=1S/C14H19NO3.ClH/c1-14(2,13(16)17-3)12(15)10-4-5-11-9(8-10)6-7-18-11;/h4-5,8,12H,6-7,15H2,1-3H3;1H/t12-;/m0./s1. The first-order chi connectivity index (χ1) is 8.46. The minimum atomic E-state index is -0.748. The van der Waals surface area contributed by atoms with E-state index in [-0.39, 0.29) is 18.4 Å². The van der Waals surface area contributed by atoms with Gasteiger partial charge in [0.1, 0.15) is 5.75 Å². The molecule has 1 heterocycles. The lowest BCUT2D eigenvalue weighted by Crippen LogP contribution is -2.37. The van der Waals surface area contributed by atoms with Crippen molar-refractivity contribution in [3.8, 4) is 5.75 Å². The van der Waals surface area contributed by atoms with E-state index >= 15 is 0 Å². The Morgan fingerprint density at radius 3 is 2.79 bits per heavy atom. The van der Waals surface area contributed by atoms with Gasteiger partial charge in [0.05, 0.1) is 19.1 Å². The Morgan fingerprint density at radius 1 is 1.47 bits per heavy atom. The smallest absolute Gasteiger partial charge is 0.313 e. The number of rotatable bonds is 3. The largest absolute Gasteiger partial charge is 0.493 e. The van der Waals surface area contributed by atoms with Crippen LogP contribution < -0.4 is 10.5 Å². The van der Waals surface area contributed by atoms with Crippen LogP contribution in [0.1, 0.15) is 31.0 Å². The average Bonchev–Trinajstić information content (AvgIpc) is 2.83. The third-order valence-corrected chi connectivity index (χ3v) is 3.56. The highest BCUT2D eigenvalue weighted by atomic mass is 35.5. The quantitative estimate of drug-likeness (QED) is 0.865. The molecular formula is C14H20ClNO3. The molecule has 2 rings (SSSR count). The number of methoxy groups -OCH3 is 1. The van der Waals surface area contributed by atoms with Crippen molar-refractivity contribution in [1.29, 1.82) is 0 Å². The third-order valence-electron chi connectivity index (χ3n) is 3.56. The molecule has 0 aromatic heterocycles. The molecule has 2 N–H and O–H groups in total. The van der Waals surface area contributed by atoms with Crippen molar-refractivity contribution in [1.82, 2.24) is 0 Å². The van der Waals surface area contributed by atoms with Crippen molar-refractivity contribution in [2.45, 2.75) is 26.3 Å². The number of carbonyl (C=O) groups is 1. The number of hydrogen-bond donors (Lipinski definition) is 1. The lowest BCUT2D eigenvalue weighted by atomic mass is 9.80. The first-order valence-corrected chi connectivity index (χ1v) is 6.06. The van der Waals surface area contributed by atoms with Crippen molar-refractivity contribution < 1.29 is 14.3 Å². The molecule has 1 aliphatic rings. The van der Waals surface area contributed by atoms with Crippen molar-refractivity contribution in [3.63, 3.8) is 0 Å². The predicted molar refractivity (Wildman–Crippen MR) is 75.6 cm³/mol. The summed E-state index contributed by atoms with van der Waals surface area (Å²) in [6.07, 6.45) is 0.897. The first kappa shape index (κ1) is 15.8. The van der Waals surface area contributed by atoms with E-state index < -0.39 is 11.5 Å². The number of halogens is 1. The van der Waals surface area contributed by atoms with E-state index in [1.54, 1.807) is 13.8 Å². The molecule has 0 spiro atoms. The van der Waals surface area contributed by atoms with Crippen LogP contribution in [0, 0.1) is 5.41 Å². The fraction of sp³-hybridized carbons (Fsp3) is 0.500. The first-order valence-electron chi connectivity index (χ1n) is 6.06. The number of ether oxygens (including phenoxy) is 2. The Bertz CT molecular complexity index is 474. The maximum Gasteiger partial charge on any atom is 0.313 e. The van der Waals surface area contributed by atoms with Gasteiger partial charge in [0.25, 0.3) is 0 Å². The lowest BCUT2D eigenvalue weighted by molar-refractivity contribution is -0.152. The molecule has 0 fully saturated rings. The van der Waals surface area contributed by atoms with Gasteiger partial charge in [-0.05, 0) is 31.0 Å². The molecular weight excluding hydrogens is 266 g/mol. The summed E-state index contributed by atoms with van der Waals surface area (Å²) in [5.41, 5.74) is 7.55. The molecule has 1 aromatic rings. The maximum atomic E-state index is 11.8. The summed E-state index contributed by atoms with van der Waals surface area (Å²) in [4.78, 5) is 11.8. The number of fused-ring (bicyclic) bond motifs is 1. The Labute approximate surface area is 119 Å². The Balaban J connectivity index is 0.00000180. The zero-order valence-corrected chi connectivity index (χ0v) is 12.3. The van der Waals surface area contributed by atoms with E-state index in [4.69, 9.17) is 15.2 Å². The number of carbonyl (C=O) groups excluding carboxylic acids is 1. The van der Waals surface area contributed by atoms with Crippen molar-refractivity contribution in [2.75, 3.05) is 13.7 Å². The Kier molecular flexibility index (Phi) is 4.82. The van der Waals surface area contributed by atoms with Gasteiger partial charge < -0.3 is 15.2 Å². The predicted octanol–water partition coefficient (Wildman–Crippen LogP) is 2.24. The second kappa shape index (κ2) is 5.80. The SMILES string of the molecule is COC(=O)C(C)(C)[C@@H](N)c1ccc2c(c1)CCO2.Cl. The maximum absolute atomic E-state index is 11.8. The summed E-state index contributed by atoms with van der Waals surface area (Å²) >= 11 is 0. The normalized spacial score (nSPS) is 14.9. The molecule has 0 saturated carbocycles.